The molecule has 0 saturated heterocycles. The van der Waals surface area contributed by atoms with Crippen LogP contribution in [0, 0.1) is 53.3 Å². The van der Waals surface area contributed by atoms with Gasteiger partial charge in [-0.2, -0.15) is 17.2 Å². The Hall–Kier alpha value is -2.87. The van der Waals surface area contributed by atoms with Crippen LogP contribution in [0.5, 0.6) is 0 Å². The quantitative estimate of drug-likeness (QED) is 0.162. The number of thiophene rings is 1. The van der Waals surface area contributed by atoms with Crippen molar-refractivity contribution in [2.45, 2.75) is 68.7 Å². The monoisotopic (exact) mass is 872 g/mol. The van der Waals surface area contributed by atoms with Crippen molar-refractivity contribution in [2.75, 3.05) is 0 Å². The summed E-state index contributed by atoms with van der Waals surface area (Å²) in [6.45, 7) is 22.3. The molecule has 7 atom stereocenters. The van der Waals surface area contributed by atoms with E-state index in [4.69, 9.17) is 0 Å². The van der Waals surface area contributed by atoms with E-state index in [1.54, 1.807) is 39.5 Å². The molecule has 1 fully saturated rings. The molecule has 0 nitrogen and oxygen atoms in total. The molecule has 5 aromatic rings. The van der Waals surface area contributed by atoms with Crippen molar-refractivity contribution in [3.05, 3.63) is 183 Å². The number of fused-ring (bicyclic) bond motifs is 6. The first-order valence-corrected chi connectivity index (χ1v) is 22.1. The summed E-state index contributed by atoms with van der Waals surface area (Å²) in [6, 6.07) is 38.9. The fraction of sp³-hybridized carbons (Fsp3) is 0.327. The van der Waals surface area contributed by atoms with E-state index < -0.39 is 0 Å². The molecular weight excluding hydrogens is 819 g/mol. The fourth-order valence-corrected chi connectivity index (χ4v) is 11.9. The van der Waals surface area contributed by atoms with Gasteiger partial charge in [0.05, 0.1) is 0 Å². The summed E-state index contributed by atoms with van der Waals surface area (Å²) < 4.78 is 1.42. The first-order chi connectivity index (χ1) is 25.9. The van der Waals surface area contributed by atoms with Gasteiger partial charge in [0.25, 0.3) is 0 Å². The van der Waals surface area contributed by atoms with E-state index in [0.29, 0.717) is 29.6 Å². The topological polar surface area (TPSA) is 0 Å². The predicted octanol–water partition coefficient (Wildman–Crippen LogP) is 7.93. The number of hydrogen-bond donors (Lipinski definition) is 0. The van der Waals surface area contributed by atoms with Crippen molar-refractivity contribution in [1.29, 1.82) is 0 Å². The summed E-state index contributed by atoms with van der Waals surface area (Å²) in [5, 5.41) is 4.30. The molecule has 4 heteroatoms. The number of halogens is 2. The molecule has 0 spiro atoms. The van der Waals surface area contributed by atoms with Crippen LogP contribution in [0.3, 0.4) is 0 Å². The van der Waals surface area contributed by atoms with Gasteiger partial charge in [0.15, 0.2) is 0 Å². The van der Waals surface area contributed by atoms with Crippen LogP contribution in [0.25, 0.3) is 16.7 Å². The average molecular weight is 875 g/mol. The maximum absolute atomic E-state index is 2.63. The van der Waals surface area contributed by atoms with E-state index >= 15 is 0 Å². The molecule has 7 unspecified atom stereocenters. The molecule has 1 aromatic heterocycles. The van der Waals surface area contributed by atoms with E-state index in [1.807, 2.05) is 0 Å². The minimum atomic E-state index is 0. The molecule has 1 saturated carbocycles. The van der Waals surface area contributed by atoms with Gasteiger partial charge in [0.1, 0.15) is 0 Å². The van der Waals surface area contributed by atoms with Gasteiger partial charge in [-0.05, 0) is 34.7 Å². The molecule has 4 aliphatic carbocycles. The number of rotatable bonds is 3. The SMILES string of the molecule is C[C-]1C2=C3Cc4ccccc4C3=C3C=CC(C)C(C)C3(C)C2(C)C(C)C(C)C1C.Cc1ccc[c-]1-c1ccsc1.[Cl-].[Cl-].[Zr+2]=[C](c1ccccc1)c1ccccc1. The molecule has 0 aliphatic heterocycles. The zero-order valence-corrected chi connectivity index (χ0v) is 39.2. The average Bonchev–Trinajstić information content (AvgIpc) is 3.97. The van der Waals surface area contributed by atoms with Gasteiger partial charge in [0, 0.05) is 5.41 Å². The molecule has 290 valence electrons. The van der Waals surface area contributed by atoms with Crippen LogP contribution >= 0.6 is 11.3 Å². The van der Waals surface area contributed by atoms with Crippen LogP contribution in [-0.2, 0) is 30.7 Å². The number of hydrogen-bond acceptors (Lipinski definition) is 1. The van der Waals surface area contributed by atoms with Gasteiger partial charge in [-0.1, -0.05) is 137 Å². The van der Waals surface area contributed by atoms with E-state index in [1.165, 1.54) is 66.4 Å². The Bertz CT molecular complexity index is 2160. The zero-order chi connectivity index (χ0) is 38.4. The standard InChI is InChI=1S/C29H37.C13H10.C10H9S.2ClH.Zr/c1-16-13-14-25-26-23-12-10-9-11-22(23)15-24(26)27-19(4)17(2)18(3)21(6)29(27,8)28(25,7)20(16)5;1-3-7-12(8-4-1)11-13-9-5-2-6-10-13;1-8-3-2-4-10(8)9-5-6-11-7-9;;;/h9-14,16-18,20-21H,15H2,1-8H3;1-10H;2-7H,1H3;2*1H;/q-1;;-1;;;+2/p-2. The summed E-state index contributed by atoms with van der Waals surface area (Å²) in [5.74, 6) is 4.93. The predicted molar refractivity (Wildman–Crippen MR) is 230 cm³/mol. The minimum absolute atomic E-state index is 0. The van der Waals surface area contributed by atoms with Crippen LogP contribution in [0.2, 0.25) is 0 Å². The maximum atomic E-state index is 2.63. The third kappa shape index (κ3) is 7.47. The van der Waals surface area contributed by atoms with Crippen LogP contribution < -0.4 is 24.8 Å². The summed E-state index contributed by atoms with van der Waals surface area (Å²) in [7, 11) is 0. The summed E-state index contributed by atoms with van der Waals surface area (Å²) in [4.78, 5) is 0. The van der Waals surface area contributed by atoms with Gasteiger partial charge >= 0.3 is 99.2 Å². The van der Waals surface area contributed by atoms with Crippen LogP contribution in [-0.4, -0.2) is 3.21 Å². The number of allylic oxidation sites excluding steroid dienone is 6. The second-order valence-electron chi connectivity index (χ2n) is 16.7. The van der Waals surface area contributed by atoms with Crippen LogP contribution in [0.15, 0.2) is 149 Å². The van der Waals surface area contributed by atoms with Crippen molar-refractivity contribution in [3.63, 3.8) is 0 Å². The molecule has 0 N–H and O–H groups in total. The molecule has 4 aliphatic rings. The van der Waals surface area contributed by atoms with Gasteiger partial charge in [-0.3, -0.25) is 0 Å². The van der Waals surface area contributed by atoms with Crippen molar-refractivity contribution in [1.82, 2.24) is 0 Å². The van der Waals surface area contributed by atoms with Gasteiger partial charge in [-0.15, -0.1) is 36.2 Å². The number of benzene rings is 3. The molecule has 0 amide bonds. The molecule has 0 radical (unpaired) electrons. The zero-order valence-electron chi connectivity index (χ0n) is 34.5. The van der Waals surface area contributed by atoms with Crippen molar-refractivity contribution in [2.24, 2.45) is 40.4 Å². The van der Waals surface area contributed by atoms with Crippen LogP contribution in [0.1, 0.15) is 83.2 Å². The van der Waals surface area contributed by atoms with Crippen molar-refractivity contribution < 1.29 is 49.0 Å². The van der Waals surface area contributed by atoms with E-state index in [2.05, 4.69) is 194 Å². The Kier molecular flexibility index (Phi) is 14.2. The van der Waals surface area contributed by atoms with E-state index in [-0.39, 0.29) is 35.6 Å². The first-order valence-electron chi connectivity index (χ1n) is 19.9. The second-order valence-corrected chi connectivity index (χ2v) is 18.8. The normalized spacial score (nSPS) is 26.8. The Morgan fingerprint density at radius 3 is 1.93 bits per heavy atom. The van der Waals surface area contributed by atoms with Gasteiger partial charge < -0.3 is 24.8 Å². The summed E-state index contributed by atoms with van der Waals surface area (Å²) in [6.07, 6.45) is 6.12. The Labute approximate surface area is 369 Å². The Morgan fingerprint density at radius 1 is 0.750 bits per heavy atom. The first kappa shape index (κ1) is 44.2. The van der Waals surface area contributed by atoms with Gasteiger partial charge in [0.2, 0.25) is 0 Å². The summed E-state index contributed by atoms with van der Waals surface area (Å²) in [5.41, 5.74) is 16.7. The van der Waals surface area contributed by atoms with Crippen LogP contribution in [0.4, 0.5) is 0 Å². The second kappa shape index (κ2) is 18.0. The molecular formula is C52H56Cl2SZr-2. The van der Waals surface area contributed by atoms with Gasteiger partial charge in [-0.25, -0.2) is 17.3 Å². The number of aryl methyl sites for hydroxylation is 1. The van der Waals surface area contributed by atoms with E-state index in [9.17, 15) is 0 Å². The van der Waals surface area contributed by atoms with E-state index in [0.717, 1.165) is 6.42 Å². The van der Waals surface area contributed by atoms with Crippen molar-refractivity contribution in [3.8, 4) is 11.1 Å². The third-order valence-electron chi connectivity index (χ3n) is 14.5. The Morgan fingerprint density at radius 2 is 1.36 bits per heavy atom. The molecule has 4 aromatic carbocycles. The molecule has 9 rings (SSSR count). The Balaban J connectivity index is 0.000000185. The van der Waals surface area contributed by atoms with Crippen molar-refractivity contribution >= 4 is 20.1 Å². The molecule has 0 bridgehead atoms. The third-order valence-corrected chi connectivity index (χ3v) is 16.6. The molecule has 56 heavy (non-hydrogen) atoms. The summed E-state index contributed by atoms with van der Waals surface area (Å²) >= 11 is 3.21. The molecule has 1 heterocycles. The fourth-order valence-electron chi connectivity index (χ4n) is 10.5.